The second kappa shape index (κ2) is 5.64. The van der Waals surface area contributed by atoms with E-state index in [2.05, 4.69) is 0 Å². The summed E-state index contributed by atoms with van der Waals surface area (Å²) in [5.74, 6) is -3.66. The van der Waals surface area contributed by atoms with Crippen LogP contribution in [-0.2, 0) is 19.4 Å². The molecule has 0 spiro atoms. The second-order valence-electron chi connectivity index (χ2n) is 2.89. The van der Waals surface area contributed by atoms with Gasteiger partial charge in [0.1, 0.15) is 12.7 Å². The quantitative estimate of drug-likeness (QED) is 0.618. The van der Waals surface area contributed by atoms with E-state index < -0.39 is 45.9 Å². The Hall–Kier alpha value is -1.18. The molecule has 0 heterocycles. The van der Waals surface area contributed by atoms with Crippen LogP contribution in [0.2, 0.25) is 0 Å². The van der Waals surface area contributed by atoms with Crippen LogP contribution in [0, 0.1) is 0 Å². The number of carboxylic acid groups (broad SMARTS) is 1. The third kappa shape index (κ3) is 6.00. The van der Waals surface area contributed by atoms with Crippen molar-refractivity contribution in [2.75, 3.05) is 18.2 Å². The molecule has 1 amide bonds. The molecule has 0 radical (unpaired) electrons. The molecular weight excluding hydrogens is 229 g/mol. The van der Waals surface area contributed by atoms with Gasteiger partial charge in [-0.05, 0) is 0 Å². The molecule has 0 aliphatic rings. The number of aliphatic carboxylic acids is 1. The molecule has 0 aromatic heterocycles. The lowest BCUT2D eigenvalue weighted by Gasteiger charge is -2.12. The van der Waals surface area contributed by atoms with Gasteiger partial charge in [-0.1, -0.05) is 0 Å². The third-order valence-corrected chi connectivity index (χ3v) is 3.10. The summed E-state index contributed by atoms with van der Waals surface area (Å²) in [6.07, 6.45) is 0. The highest BCUT2D eigenvalue weighted by Gasteiger charge is 2.25. The molecule has 0 saturated carbocycles. The molecule has 0 bridgehead atoms. The van der Waals surface area contributed by atoms with Crippen LogP contribution in [0.5, 0.6) is 0 Å². The number of hydrogen-bond donors (Lipinski definition) is 2. The van der Waals surface area contributed by atoms with Crippen molar-refractivity contribution in [3.8, 4) is 0 Å². The maximum Gasteiger partial charge on any atom is 0.327 e. The molecule has 0 aromatic rings. The normalized spacial score (nSPS) is 13.2. The van der Waals surface area contributed by atoms with Gasteiger partial charge < -0.3 is 10.4 Å². The molecular formula is C7H12FNO5S. The predicted octanol–water partition coefficient (Wildman–Crippen LogP) is -1.04. The molecule has 8 heteroatoms. The van der Waals surface area contributed by atoms with Crippen molar-refractivity contribution >= 4 is 21.7 Å². The molecule has 2 N–H and O–H groups in total. The zero-order chi connectivity index (χ0) is 12.1. The molecule has 1 unspecified atom stereocenters. The number of carbonyl (C=O) groups excluding carboxylic acids is 1. The molecule has 0 saturated heterocycles. The highest BCUT2D eigenvalue weighted by atomic mass is 32.2. The minimum Gasteiger partial charge on any atom is -0.480 e. The summed E-state index contributed by atoms with van der Waals surface area (Å²) in [5.41, 5.74) is 0. The summed E-state index contributed by atoms with van der Waals surface area (Å²) in [6, 6.07) is -1.53. The van der Waals surface area contributed by atoms with Crippen LogP contribution in [0.1, 0.15) is 6.92 Å². The Bertz CT molecular complexity index is 339. The Morgan fingerprint density at radius 1 is 1.47 bits per heavy atom. The van der Waals surface area contributed by atoms with Crippen molar-refractivity contribution in [3.63, 3.8) is 0 Å². The van der Waals surface area contributed by atoms with Gasteiger partial charge >= 0.3 is 5.97 Å². The Labute approximate surface area is 86.4 Å². The number of carbonyl (C=O) groups is 2. The third-order valence-electron chi connectivity index (χ3n) is 1.48. The van der Waals surface area contributed by atoms with Crippen molar-refractivity contribution in [3.05, 3.63) is 0 Å². The lowest BCUT2D eigenvalue weighted by atomic mass is 10.3. The molecule has 0 fully saturated rings. The average molecular weight is 241 g/mol. The summed E-state index contributed by atoms with van der Waals surface area (Å²) in [6.45, 7) is -0.00748. The van der Waals surface area contributed by atoms with Gasteiger partial charge in [0.05, 0.1) is 11.5 Å². The number of nitrogens with one attached hydrogen (secondary N) is 1. The van der Waals surface area contributed by atoms with E-state index in [0.717, 1.165) is 6.92 Å². The number of carboxylic acids is 1. The fourth-order valence-corrected chi connectivity index (χ4v) is 2.01. The number of halogens is 1. The Morgan fingerprint density at radius 2 is 2.00 bits per heavy atom. The van der Waals surface area contributed by atoms with Crippen LogP contribution in [0.25, 0.3) is 0 Å². The van der Waals surface area contributed by atoms with Gasteiger partial charge in [-0.2, -0.15) is 0 Å². The summed E-state index contributed by atoms with van der Waals surface area (Å²) in [5, 5.41) is 10.5. The van der Waals surface area contributed by atoms with Crippen LogP contribution in [0.4, 0.5) is 4.39 Å². The van der Waals surface area contributed by atoms with Crippen molar-refractivity contribution < 1.29 is 27.5 Å². The molecule has 1 atom stereocenters. The van der Waals surface area contributed by atoms with E-state index in [9.17, 15) is 22.4 Å². The highest BCUT2D eigenvalue weighted by molar-refractivity contribution is 7.91. The van der Waals surface area contributed by atoms with Crippen molar-refractivity contribution in [1.82, 2.24) is 5.32 Å². The van der Waals surface area contributed by atoms with Crippen LogP contribution < -0.4 is 5.32 Å². The van der Waals surface area contributed by atoms with E-state index >= 15 is 0 Å². The number of rotatable bonds is 6. The smallest absolute Gasteiger partial charge is 0.327 e. The van der Waals surface area contributed by atoms with Crippen molar-refractivity contribution in [2.45, 2.75) is 13.0 Å². The average Bonchev–Trinajstić information content (AvgIpc) is 2.00. The number of alkyl halides is 1. The minimum atomic E-state index is -3.79. The zero-order valence-electron chi connectivity index (χ0n) is 8.07. The second-order valence-corrected chi connectivity index (χ2v) is 5.12. The molecule has 0 aliphatic carbocycles. The Balaban J connectivity index is 4.55. The maximum atomic E-state index is 11.8. The molecule has 0 aromatic carbocycles. The van der Waals surface area contributed by atoms with Gasteiger partial charge in [0.25, 0.3) is 0 Å². The molecule has 0 aliphatic heterocycles. The molecule has 0 rings (SSSR count). The standard InChI is InChI=1S/C7H12FNO5S/c1-5(10)9-6(7(11)12)4-15(13,14)3-2-8/h6H,2-4H2,1H3,(H,9,10)(H,11,12). The SMILES string of the molecule is CC(=O)NC(CS(=O)(=O)CCF)C(=O)O. The first kappa shape index (κ1) is 13.8. The van der Waals surface area contributed by atoms with Gasteiger partial charge in [-0.25, -0.2) is 17.6 Å². The van der Waals surface area contributed by atoms with Crippen LogP contribution >= 0.6 is 0 Å². The van der Waals surface area contributed by atoms with Gasteiger partial charge in [-0.3, -0.25) is 4.79 Å². The lowest BCUT2D eigenvalue weighted by molar-refractivity contribution is -0.140. The van der Waals surface area contributed by atoms with Crippen molar-refractivity contribution in [2.24, 2.45) is 0 Å². The van der Waals surface area contributed by atoms with E-state index in [-0.39, 0.29) is 0 Å². The van der Waals surface area contributed by atoms with E-state index in [1.54, 1.807) is 0 Å². The van der Waals surface area contributed by atoms with Gasteiger partial charge in [0.2, 0.25) is 5.91 Å². The molecule has 15 heavy (non-hydrogen) atoms. The summed E-state index contributed by atoms with van der Waals surface area (Å²) < 4.78 is 33.9. The van der Waals surface area contributed by atoms with Crippen LogP contribution in [0.15, 0.2) is 0 Å². The maximum absolute atomic E-state index is 11.8. The number of hydrogen-bond acceptors (Lipinski definition) is 4. The van der Waals surface area contributed by atoms with Crippen LogP contribution in [-0.4, -0.2) is 49.6 Å². The first-order chi connectivity index (χ1) is 6.78. The van der Waals surface area contributed by atoms with Gasteiger partial charge in [0.15, 0.2) is 9.84 Å². The van der Waals surface area contributed by atoms with E-state index in [0.29, 0.717) is 0 Å². The Kier molecular flexibility index (Phi) is 5.20. The van der Waals surface area contributed by atoms with Crippen molar-refractivity contribution in [1.29, 1.82) is 0 Å². The molecule has 6 nitrogen and oxygen atoms in total. The fraction of sp³-hybridized carbons (Fsp3) is 0.714. The van der Waals surface area contributed by atoms with Gasteiger partial charge in [0, 0.05) is 6.92 Å². The molecule has 88 valence electrons. The topological polar surface area (TPSA) is 101 Å². The predicted molar refractivity (Wildman–Crippen MR) is 49.9 cm³/mol. The summed E-state index contributed by atoms with van der Waals surface area (Å²) in [7, 11) is -3.79. The monoisotopic (exact) mass is 241 g/mol. The number of sulfone groups is 1. The number of amides is 1. The van der Waals surface area contributed by atoms with E-state index in [1.807, 2.05) is 5.32 Å². The largest absolute Gasteiger partial charge is 0.480 e. The zero-order valence-corrected chi connectivity index (χ0v) is 8.88. The first-order valence-electron chi connectivity index (χ1n) is 4.05. The summed E-state index contributed by atoms with van der Waals surface area (Å²) in [4.78, 5) is 21.1. The lowest BCUT2D eigenvalue weighted by Crippen LogP contribution is -2.45. The minimum absolute atomic E-state index is 0.655. The highest BCUT2D eigenvalue weighted by Crippen LogP contribution is 1.96. The van der Waals surface area contributed by atoms with E-state index in [1.165, 1.54) is 0 Å². The first-order valence-corrected chi connectivity index (χ1v) is 5.87. The van der Waals surface area contributed by atoms with Crippen LogP contribution in [0.3, 0.4) is 0 Å². The fourth-order valence-electron chi connectivity index (χ4n) is 0.875. The Morgan fingerprint density at radius 3 is 2.33 bits per heavy atom. The summed E-state index contributed by atoms with van der Waals surface area (Å²) >= 11 is 0. The van der Waals surface area contributed by atoms with Gasteiger partial charge in [-0.15, -0.1) is 0 Å². The van der Waals surface area contributed by atoms with E-state index in [4.69, 9.17) is 5.11 Å².